The second kappa shape index (κ2) is 3.87. The zero-order valence-corrected chi connectivity index (χ0v) is 7.10. The minimum atomic E-state index is -0.822. The molecule has 0 radical (unpaired) electrons. The highest BCUT2D eigenvalue weighted by Gasteiger charge is 2.12. The van der Waals surface area contributed by atoms with Crippen molar-refractivity contribution >= 4 is 17.5 Å². The van der Waals surface area contributed by atoms with Gasteiger partial charge in [-0.1, -0.05) is 17.7 Å². The summed E-state index contributed by atoms with van der Waals surface area (Å²) in [7, 11) is 0. The molecule has 0 aromatic heterocycles. The maximum atomic E-state index is 13.1. The number of rotatable bonds is 1. The molecule has 1 rings (SSSR count). The van der Waals surface area contributed by atoms with Crippen molar-refractivity contribution in [3.63, 3.8) is 0 Å². The highest BCUT2D eigenvalue weighted by atomic mass is 35.5. The fourth-order valence-corrected chi connectivity index (χ4v) is 0.972. The van der Waals surface area contributed by atoms with Crippen LogP contribution < -0.4 is 5.32 Å². The maximum Gasteiger partial charge on any atom is 0.267 e. The molecule has 0 aliphatic carbocycles. The average molecular weight is 199 g/mol. The second-order valence-electron chi connectivity index (χ2n) is 2.17. The van der Waals surface area contributed by atoms with Crippen LogP contribution in [0, 0.1) is 17.3 Å². The van der Waals surface area contributed by atoms with Gasteiger partial charge >= 0.3 is 0 Å². The van der Waals surface area contributed by atoms with Gasteiger partial charge in [0.15, 0.2) is 12.0 Å². The molecule has 1 aromatic rings. The normalized spacial score (nSPS) is 9.00. The number of halogens is 2. The van der Waals surface area contributed by atoms with Crippen LogP contribution in [0.4, 0.5) is 4.39 Å². The molecule has 0 atom stereocenters. The van der Waals surface area contributed by atoms with E-state index in [0.29, 0.717) is 0 Å². The van der Waals surface area contributed by atoms with E-state index in [-0.39, 0.29) is 10.6 Å². The molecule has 0 saturated heterocycles. The predicted molar refractivity (Wildman–Crippen MR) is 44.5 cm³/mol. The van der Waals surface area contributed by atoms with E-state index in [1.165, 1.54) is 24.4 Å². The van der Waals surface area contributed by atoms with Crippen molar-refractivity contribution in [2.75, 3.05) is 0 Å². The van der Waals surface area contributed by atoms with E-state index in [9.17, 15) is 9.18 Å². The molecule has 66 valence electrons. The van der Waals surface area contributed by atoms with E-state index in [2.05, 4.69) is 0 Å². The third kappa shape index (κ3) is 1.95. The number of carbonyl (C=O) groups is 1. The summed E-state index contributed by atoms with van der Waals surface area (Å²) in [6, 6.07) is 3.99. The Hall–Kier alpha value is -1.60. The molecule has 0 aliphatic rings. The van der Waals surface area contributed by atoms with Crippen LogP contribution >= 0.6 is 11.6 Å². The molecule has 0 spiro atoms. The Labute approximate surface area is 78.7 Å². The average Bonchev–Trinajstić information content (AvgIpc) is 2.10. The summed E-state index contributed by atoms with van der Waals surface area (Å²) < 4.78 is 13.1. The maximum absolute atomic E-state index is 13.1. The second-order valence-corrected chi connectivity index (χ2v) is 2.57. The number of hydrogen-bond acceptors (Lipinski definition) is 2. The van der Waals surface area contributed by atoms with Crippen molar-refractivity contribution in [3.8, 4) is 6.19 Å². The summed E-state index contributed by atoms with van der Waals surface area (Å²) >= 11 is 5.42. The first-order valence-corrected chi connectivity index (χ1v) is 3.68. The van der Waals surface area contributed by atoms with E-state index in [4.69, 9.17) is 16.9 Å². The number of nitrogens with zero attached hydrogens (tertiary/aromatic N) is 1. The summed E-state index contributed by atoms with van der Waals surface area (Å²) in [5, 5.41) is 9.77. The van der Waals surface area contributed by atoms with Gasteiger partial charge in [0.2, 0.25) is 0 Å². The molecular formula is C8H4ClFN2O. The Kier molecular flexibility index (Phi) is 2.83. The standard InChI is InChI=1S/C8H4ClFN2O/c9-6-3-1-2-5(7(6)10)8(13)12-4-11/h1-3H,(H,12,13). The van der Waals surface area contributed by atoms with Crippen LogP contribution in [0.25, 0.3) is 0 Å². The van der Waals surface area contributed by atoms with E-state index < -0.39 is 11.7 Å². The summed E-state index contributed by atoms with van der Waals surface area (Å²) in [4.78, 5) is 11.0. The monoisotopic (exact) mass is 198 g/mol. The van der Waals surface area contributed by atoms with Crippen molar-refractivity contribution in [2.45, 2.75) is 0 Å². The molecule has 0 aliphatic heterocycles. The lowest BCUT2D eigenvalue weighted by Gasteiger charge is -2.00. The van der Waals surface area contributed by atoms with Gasteiger partial charge < -0.3 is 0 Å². The van der Waals surface area contributed by atoms with Gasteiger partial charge in [0, 0.05) is 0 Å². The zero-order chi connectivity index (χ0) is 9.84. The SMILES string of the molecule is N#CNC(=O)c1cccc(Cl)c1F. The molecule has 13 heavy (non-hydrogen) atoms. The van der Waals surface area contributed by atoms with Crippen molar-refractivity contribution in [3.05, 3.63) is 34.6 Å². The van der Waals surface area contributed by atoms with E-state index in [0.717, 1.165) is 0 Å². The first-order valence-electron chi connectivity index (χ1n) is 3.30. The third-order valence-corrected chi connectivity index (χ3v) is 1.66. The molecule has 0 bridgehead atoms. The minimum absolute atomic E-state index is 0.148. The third-order valence-electron chi connectivity index (χ3n) is 1.37. The van der Waals surface area contributed by atoms with E-state index in [1.807, 2.05) is 0 Å². The lowest BCUT2D eigenvalue weighted by atomic mass is 10.2. The van der Waals surface area contributed by atoms with Crippen LogP contribution in [0.2, 0.25) is 5.02 Å². The van der Waals surface area contributed by atoms with Gasteiger partial charge in [-0.3, -0.25) is 10.1 Å². The number of amides is 1. The van der Waals surface area contributed by atoms with Gasteiger partial charge in [0.25, 0.3) is 5.91 Å². The van der Waals surface area contributed by atoms with Crippen molar-refractivity contribution in [1.29, 1.82) is 5.26 Å². The van der Waals surface area contributed by atoms with Gasteiger partial charge in [-0.2, -0.15) is 5.26 Å². The molecule has 1 amide bonds. The molecule has 0 fully saturated rings. The Morgan fingerprint density at radius 2 is 2.31 bits per heavy atom. The van der Waals surface area contributed by atoms with Crippen molar-refractivity contribution in [1.82, 2.24) is 5.32 Å². The first kappa shape index (κ1) is 9.49. The lowest BCUT2D eigenvalue weighted by molar-refractivity contribution is 0.0969. The van der Waals surface area contributed by atoms with Gasteiger partial charge in [-0.05, 0) is 12.1 Å². The molecule has 0 unspecified atom stereocenters. The van der Waals surface area contributed by atoms with Crippen LogP contribution in [0.1, 0.15) is 10.4 Å². The van der Waals surface area contributed by atoms with Crippen LogP contribution in [-0.2, 0) is 0 Å². The number of hydrogen-bond donors (Lipinski definition) is 1. The van der Waals surface area contributed by atoms with E-state index >= 15 is 0 Å². The zero-order valence-electron chi connectivity index (χ0n) is 6.34. The summed E-state index contributed by atoms with van der Waals surface area (Å²) in [6.45, 7) is 0. The fraction of sp³-hybridized carbons (Fsp3) is 0. The van der Waals surface area contributed by atoms with E-state index in [1.54, 1.807) is 5.32 Å². The van der Waals surface area contributed by atoms with Crippen LogP contribution in [0.15, 0.2) is 18.2 Å². The van der Waals surface area contributed by atoms with Crippen LogP contribution in [0.5, 0.6) is 0 Å². The summed E-state index contributed by atoms with van der Waals surface area (Å²) in [5.74, 6) is -1.63. The fourth-order valence-electron chi connectivity index (χ4n) is 0.797. The Balaban J connectivity index is 3.09. The largest absolute Gasteiger partial charge is 0.268 e. The molecule has 1 aromatic carbocycles. The topological polar surface area (TPSA) is 52.9 Å². The Morgan fingerprint density at radius 1 is 1.62 bits per heavy atom. The summed E-state index contributed by atoms with van der Waals surface area (Å²) in [6.07, 6.45) is 1.40. The molecule has 0 heterocycles. The van der Waals surface area contributed by atoms with Crippen LogP contribution in [0.3, 0.4) is 0 Å². The highest BCUT2D eigenvalue weighted by molar-refractivity contribution is 6.31. The highest BCUT2D eigenvalue weighted by Crippen LogP contribution is 2.17. The Bertz CT molecular complexity index is 386. The van der Waals surface area contributed by atoms with Gasteiger partial charge in [0.05, 0.1) is 10.6 Å². The van der Waals surface area contributed by atoms with Gasteiger partial charge in [0.1, 0.15) is 0 Å². The lowest BCUT2D eigenvalue weighted by Crippen LogP contribution is -2.18. The predicted octanol–water partition coefficient (Wildman–Crippen LogP) is 1.69. The van der Waals surface area contributed by atoms with Gasteiger partial charge in [-0.15, -0.1) is 0 Å². The molecule has 5 heteroatoms. The first-order chi connectivity index (χ1) is 6.16. The summed E-state index contributed by atoms with van der Waals surface area (Å²) in [5.41, 5.74) is -0.242. The molecule has 0 saturated carbocycles. The van der Waals surface area contributed by atoms with Crippen molar-refractivity contribution < 1.29 is 9.18 Å². The minimum Gasteiger partial charge on any atom is -0.268 e. The number of benzene rings is 1. The van der Waals surface area contributed by atoms with Crippen molar-refractivity contribution in [2.24, 2.45) is 0 Å². The number of nitriles is 1. The molecule has 1 N–H and O–H groups in total. The quantitative estimate of drug-likeness (QED) is 0.552. The number of carbonyl (C=O) groups excluding carboxylic acids is 1. The Morgan fingerprint density at radius 3 is 2.92 bits per heavy atom. The number of nitrogens with one attached hydrogen (secondary N) is 1. The smallest absolute Gasteiger partial charge is 0.267 e. The molecule has 3 nitrogen and oxygen atoms in total. The molecular weight excluding hydrogens is 195 g/mol. The van der Waals surface area contributed by atoms with Crippen LogP contribution in [-0.4, -0.2) is 5.91 Å². The van der Waals surface area contributed by atoms with Gasteiger partial charge in [-0.25, -0.2) is 4.39 Å².